The predicted molar refractivity (Wildman–Crippen MR) is 226 cm³/mol. The van der Waals surface area contributed by atoms with Crippen LogP contribution >= 0.6 is 0 Å². The fraction of sp³-hybridized carbons (Fsp3) is 0.511. The van der Waals surface area contributed by atoms with E-state index in [1.165, 1.54) is 16.8 Å². The SMILES string of the molecule is C.CC(C)(C)C1=CC=CC1.CC(C)(C)C1=CCC=N1.CC(C)(C)c1ccc2c(c1)N=CC2.CC(C)(C)c1ccccn1.CC(C)(C)c1ccco1. The molecule has 2 aromatic heterocycles. The second-order valence-corrected chi connectivity index (χ2v) is 18.3. The second kappa shape index (κ2) is 19.2. The van der Waals surface area contributed by atoms with E-state index in [2.05, 4.69) is 167 Å². The standard InChI is InChI=1S/C12H15N.C9H13N.C9H14.C8H13N.C8H12O.CH4/c1-12(2,3)10-5-4-9-6-7-13-11(9)8-10;1-9(2,3)8-6-4-5-7-10-8;1-9(2,3)8-6-4-5-7-8;2*1-8(2,3)7-5-4-6-9-7;/h4-5,7-8H,6H2,1-3H3;4-7H,1-3H3;4-6H,7H2,1-3H3;5-6H,4H2,1-3H3;4-6H,1-3H3;1H4. The number of furan rings is 1. The van der Waals surface area contributed by atoms with Crippen LogP contribution in [0.5, 0.6) is 0 Å². The minimum atomic E-state index is 0. The molecule has 0 spiro atoms. The van der Waals surface area contributed by atoms with Gasteiger partial charge in [-0.1, -0.05) is 159 Å². The lowest BCUT2D eigenvalue weighted by molar-refractivity contribution is 0.409. The number of pyridine rings is 1. The van der Waals surface area contributed by atoms with E-state index in [0.717, 1.165) is 36.4 Å². The van der Waals surface area contributed by atoms with Crippen LogP contribution in [0.2, 0.25) is 0 Å². The molecular formula is C47H71N3O. The molecule has 4 heterocycles. The van der Waals surface area contributed by atoms with Crippen molar-refractivity contribution in [3.05, 3.63) is 119 Å². The van der Waals surface area contributed by atoms with Crippen LogP contribution in [-0.4, -0.2) is 17.4 Å². The molecule has 4 nitrogen and oxygen atoms in total. The lowest BCUT2D eigenvalue weighted by atomic mass is 9.86. The summed E-state index contributed by atoms with van der Waals surface area (Å²) < 4.78 is 5.20. The Morgan fingerprint density at radius 3 is 1.67 bits per heavy atom. The number of nitrogens with zero attached hydrogens (tertiary/aromatic N) is 3. The highest BCUT2D eigenvalue weighted by Crippen LogP contribution is 2.32. The Kier molecular flexibility index (Phi) is 17.0. The van der Waals surface area contributed by atoms with Crippen molar-refractivity contribution in [1.82, 2.24) is 4.98 Å². The summed E-state index contributed by atoms with van der Waals surface area (Å²) in [7, 11) is 0. The number of aliphatic imine (C=N–C) groups is 2. The average molecular weight is 694 g/mol. The predicted octanol–water partition coefficient (Wildman–Crippen LogP) is 14.1. The maximum absolute atomic E-state index is 5.20. The van der Waals surface area contributed by atoms with Crippen LogP contribution in [0.15, 0.2) is 111 Å². The largest absolute Gasteiger partial charge is 0.469 e. The number of aromatic nitrogens is 1. The van der Waals surface area contributed by atoms with Gasteiger partial charge in [-0.05, 0) is 58.7 Å². The quantitative estimate of drug-likeness (QED) is 0.235. The summed E-state index contributed by atoms with van der Waals surface area (Å²) in [5.74, 6) is 1.04. The van der Waals surface area contributed by atoms with Gasteiger partial charge in [0.2, 0.25) is 0 Å². The van der Waals surface area contributed by atoms with Gasteiger partial charge in [-0.2, -0.15) is 0 Å². The van der Waals surface area contributed by atoms with E-state index in [0.29, 0.717) is 5.41 Å². The first kappa shape index (κ1) is 45.2. The van der Waals surface area contributed by atoms with Gasteiger partial charge in [0.25, 0.3) is 0 Å². The van der Waals surface area contributed by atoms with Gasteiger partial charge in [0, 0.05) is 59.1 Å². The maximum Gasteiger partial charge on any atom is 0.109 e. The van der Waals surface area contributed by atoms with E-state index in [4.69, 9.17) is 4.42 Å². The van der Waals surface area contributed by atoms with Crippen LogP contribution in [0.25, 0.3) is 0 Å². The van der Waals surface area contributed by atoms with Gasteiger partial charge < -0.3 is 4.42 Å². The van der Waals surface area contributed by atoms with Gasteiger partial charge in [-0.25, -0.2) is 0 Å². The first-order valence-corrected chi connectivity index (χ1v) is 18.2. The number of benzene rings is 1. The minimum absolute atomic E-state index is 0. The molecule has 0 radical (unpaired) electrons. The molecule has 4 heteroatoms. The molecule has 0 saturated heterocycles. The molecule has 0 bridgehead atoms. The van der Waals surface area contributed by atoms with Gasteiger partial charge in [0.1, 0.15) is 5.76 Å². The van der Waals surface area contributed by atoms with Crippen molar-refractivity contribution < 1.29 is 4.42 Å². The summed E-state index contributed by atoms with van der Waals surface area (Å²) >= 11 is 0. The Bertz CT molecular complexity index is 1600. The van der Waals surface area contributed by atoms with E-state index >= 15 is 0 Å². The van der Waals surface area contributed by atoms with E-state index in [-0.39, 0.29) is 29.1 Å². The molecule has 3 aliphatic rings. The number of allylic oxidation sites excluding steroid dienone is 6. The van der Waals surface area contributed by atoms with Crippen molar-refractivity contribution >= 4 is 18.1 Å². The summed E-state index contributed by atoms with van der Waals surface area (Å²) in [6.45, 7) is 32.9. The highest BCUT2D eigenvalue weighted by Gasteiger charge is 2.19. The van der Waals surface area contributed by atoms with Crippen LogP contribution in [-0.2, 0) is 22.7 Å². The summed E-state index contributed by atoms with van der Waals surface area (Å²) in [5.41, 5.74) is 8.99. The lowest BCUT2D eigenvalue weighted by Crippen LogP contribution is -2.12. The molecule has 2 aliphatic heterocycles. The van der Waals surface area contributed by atoms with Gasteiger partial charge in [0.15, 0.2) is 0 Å². The smallest absolute Gasteiger partial charge is 0.109 e. The summed E-state index contributed by atoms with van der Waals surface area (Å²) in [5, 5.41) is 0. The van der Waals surface area contributed by atoms with Crippen LogP contribution < -0.4 is 0 Å². The van der Waals surface area contributed by atoms with E-state index in [9.17, 15) is 0 Å². The Balaban J connectivity index is 0.000000320. The zero-order chi connectivity index (χ0) is 37.8. The first-order chi connectivity index (χ1) is 23.0. The van der Waals surface area contributed by atoms with Gasteiger partial charge in [-0.15, -0.1) is 0 Å². The molecule has 0 unspecified atom stereocenters. The molecule has 6 rings (SSSR count). The van der Waals surface area contributed by atoms with Gasteiger partial charge in [0.05, 0.1) is 12.0 Å². The fourth-order valence-corrected chi connectivity index (χ4v) is 4.95. The number of hydrogen-bond donors (Lipinski definition) is 0. The van der Waals surface area contributed by atoms with Crippen molar-refractivity contribution in [3.63, 3.8) is 0 Å². The normalized spacial score (nSPS) is 14.6. The van der Waals surface area contributed by atoms with Crippen molar-refractivity contribution in [2.24, 2.45) is 20.8 Å². The van der Waals surface area contributed by atoms with Crippen molar-refractivity contribution in [2.75, 3.05) is 0 Å². The fourth-order valence-electron chi connectivity index (χ4n) is 4.95. The van der Waals surface area contributed by atoms with E-state index in [1.54, 1.807) is 11.8 Å². The molecule has 0 atom stereocenters. The molecule has 0 N–H and O–H groups in total. The van der Waals surface area contributed by atoms with E-state index < -0.39 is 0 Å². The molecule has 280 valence electrons. The number of fused-ring (bicyclic) bond motifs is 1. The molecule has 1 aromatic carbocycles. The maximum atomic E-state index is 5.20. The third-order valence-corrected chi connectivity index (χ3v) is 8.34. The van der Waals surface area contributed by atoms with Gasteiger partial charge >= 0.3 is 0 Å². The Hall–Kier alpha value is -3.79. The third-order valence-electron chi connectivity index (χ3n) is 8.34. The molecule has 0 amide bonds. The molecule has 3 aromatic rings. The Morgan fingerprint density at radius 2 is 1.31 bits per heavy atom. The topological polar surface area (TPSA) is 50.8 Å². The Morgan fingerprint density at radius 1 is 0.627 bits per heavy atom. The molecule has 0 fully saturated rings. The monoisotopic (exact) mass is 694 g/mol. The summed E-state index contributed by atoms with van der Waals surface area (Å²) in [6.07, 6.45) is 19.4. The van der Waals surface area contributed by atoms with Crippen LogP contribution in [0.4, 0.5) is 5.69 Å². The lowest BCUT2D eigenvalue weighted by Gasteiger charge is -2.19. The Labute approximate surface area is 313 Å². The van der Waals surface area contributed by atoms with Crippen LogP contribution in [0, 0.1) is 10.8 Å². The van der Waals surface area contributed by atoms with Crippen molar-refractivity contribution in [2.45, 2.75) is 147 Å². The van der Waals surface area contributed by atoms with Crippen molar-refractivity contribution in [1.29, 1.82) is 0 Å². The third kappa shape index (κ3) is 16.4. The van der Waals surface area contributed by atoms with Gasteiger partial charge in [-0.3, -0.25) is 15.0 Å². The highest BCUT2D eigenvalue weighted by molar-refractivity contribution is 5.76. The van der Waals surface area contributed by atoms with Crippen molar-refractivity contribution in [3.8, 4) is 0 Å². The zero-order valence-electron chi connectivity index (χ0n) is 34.1. The highest BCUT2D eigenvalue weighted by atomic mass is 16.3. The summed E-state index contributed by atoms with van der Waals surface area (Å²) in [4.78, 5) is 12.8. The number of hydrogen-bond acceptors (Lipinski definition) is 4. The molecule has 1 aliphatic carbocycles. The number of rotatable bonds is 0. The zero-order valence-corrected chi connectivity index (χ0v) is 34.1. The molecule has 0 saturated carbocycles. The molecule has 51 heavy (non-hydrogen) atoms. The second-order valence-electron chi connectivity index (χ2n) is 18.3. The minimum Gasteiger partial charge on any atom is -0.469 e. The summed E-state index contributed by atoms with van der Waals surface area (Å²) in [6, 6.07) is 16.6. The molecular weight excluding hydrogens is 623 g/mol. The van der Waals surface area contributed by atoms with E-state index in [1.807, 2.05) is 42.9 Å². The van der Waals surface area contributed by atoms with Crippen LogP contribution in [0.1, 0.15) is 147 Å². The van der Waals surface area contributed by atoms with Crippen LogP contribution in [0.3, 0.4) is 0 Å². The first-order valence-electron chi connectivity index (χ1n) is 18.2. The average Bonchev–Trinajstić information content (AvgIpc) is 3.84.